The van der Waals surface area contributed by atoms with Gasteiger partial charge in [-0.15, -0.1) is 0 Å². The van der Waals surface area contributed by atoms with Gasteiger partial charge in [0.1, 0.15) is 0 Å². The van der Waals surface area contributed by atoms with Gasteiger partial charge in [-0.1, -0.05) is 18.2 Å². The molecule has 0 bridgehead atoms. The van der Waals surface area contributed by atoms with Crippen LogP contribution in [0.3, 0.4) is 0 Å². The van der Waals surface area contributed by atoms with Crippen LogP contribution in [0.1, 0.15) is 37.4 Å². The van der Waals surface area contributed by atoms with Gasteiger partial charge in [0.15, 0.2) is 0 Å². The van der Waals surface area contributed by atoms with Crippen LogP contribution in [-0.4, -0.2) is 11.8 Å². The van der Waals surface area contributed by atoms with Crippen LogP contribution >= 0.6 is 0 Å². The molecule has 0 fully saturated rings. The normalized spacial score (nSPS) is 13.8. The molecule has 2 amide bonds. The van der Waals surface area contributed by atoms with Crippen molar-refractivity contribution in [1.82, 2.24) is 0 Å². The predicted octanol–water partition coefficient (Wildman–Crippen LogP) is 2.99. The molecule has 4 nitrogen and oxygen atoms in total. The summed E-state index contributed by atoms with van der Waals surface area (Å²) in [4.78, 5) is 26.5. The molecule has 3 rings (SSSR count). The van der Waals surface area contributed by atoms with E-state index in [-0.39, 0.29) is 11.8 Å². The Balaban J connectivity index is 2.18. The van der Waals surface area contributed by atoms with Crippen molar-refractivity contribution in [2.24, 2.45) is 0 Å². The Labute approximate surface area is 123 Å². The SMILES string of the molecule is Cc1ccc(N2C(=O)c3c(C)ccc(C)c3C2=O)cc1N. The highest BCUT2D eigenvalue weighted by Gasteiger charge is 2.38. The van der Waals surface area contributed by atoms with Crippen molar-refractivity contribution in [1.29, 1.82) is 0 Å². The number of fused-ring (bicyclic) bond motifs is 1. The minimum Gasteiger partial charge on any atom is -0.398 e. The summed E-state index contributed by atoms with van der Waals surface area (Å²) in [5.74, 6) is -0.557. The van der Waals surface area contributed by atoms with Gasteiger partial charge in [0.05, 0.1) is 16.8 Å². The molecule has 0 aromatic heterocycles. The number of imide groups is 1. The molecule has 2 aromatic carbocycles. The topological polar surface area (TPSA) is 63.4 Å². The van der Waals surface area contributed by atoms with Crippen molar-refractivity contribution < 1.29 is 9.59 Å². The average Bonchev–Trinajstić information content (AvgIpc) is 2.70. The number of benzene rings is 2. The number of amides is 2. The van der Waals surface area contributed by atoms with Gasteiger partial charge in [0.25, 0.3) is 11.8 Å². The fourth-order valence-corrected chi connectivity index (χ4v) is 2.68. The van der Waals surface area contributed by atoms with Crippen molar-refractivity contribution in [3.8, 4) is 0 Å². The first kappa shape index (κ1) is 13.4. The van der Waals surface area contributed by atoms with E-state index in [1.54, 1.807) is 12.1 Å². The van der Waals surface area contributed by atoms with E-state index in [1.165, 1.54) is 4.90 Å². The van der Waals surface area contributed by atoms with Gasteiger partial charge in [0, 0.05) is 5.69 Å². The summed E-state index contributed by atoms with van der Waals surface area (Å²) in [6.07, 6.45) is 0. The maximum Gasteiger partial charge on any atom is 0.266 e. The van der Waals surface area contributed by atoms with E-state index in [2.05, 4.69) is 0 Å². The van der Waals surface area contributed by atoms with Gasteiger partial charge >= 0.3 is 0 Å². The molecular weight excluding hydrogens is 264 g/mol. The molecule has 2 aromatic rings. The first-order valence-electron chi connectivity index (χ1n) is 6.77. The molecule has 0 saturated carbocycles. The highest BCUT2D eigenvalue weighted by atomic mass is 16.2. The molecule has 0 aliphatic carbocycles. The molecule has 1 aliphatic rings. The van der Waals surface area contributed by atoms with Crippen molar-refractivity contribution in [3.05, 3.63) is 58.1 Å². The molecule has 1 aliphatic heterocycles. The number of nitrogen functional groups attached to an aromatic ring is 1. The number of anilines is 2. The zero-order valence-electron chi connectivity index (χ0n) is 12.2. The van der Waals surface area contributed by atoms with Crippen LogP contribution in [0, 0.1) is 20.8 Å². The largest absolute Gasteiger partial charge is 0.398 e. The predicted molar refractivity (Wildman–Crippen MR) is 82.6 cm³/mol. The zero-order chi connectivity index (χ0) is 15.3. The van der Waals surface area contributed by atoms with E-state index >= 15 is 0 Å². The monoisotopic (exact) mass is 280 g/mol. The fourth-order valence-electron chi connectivity index (χ4n) is 2.68. The van der Waals surface area contributed by atoms with E-state index in [0.717, 1.165) is 16.7 Å². The molecular formula is C17H16N2O2. The van der Waals surface area contributed by atoms with Crippen LogP contribution in [0.25, 0.3) is 0 Å². The summed E-state index contributed by atoms with van der Waals surface area (Å²) in [6, 6.07) is 8.96. The Bertz CT molecular complexity index is 753. The summed E-state index contributed by atoms with van der Waals surface area (Å²) in [6.45, 7) is 5.57. The summed E-state index contributed by atoms with van der Waals surface area (Å²) < 4.78 is 0. The molecule has 0 radical (unpaired) electrons. The number of aryl methyl sites for hydroxylation is 3. The van der Waals surface area contributed by atoms with Crippen molar-refractivity contribution in [2.45, 2.75) is 20.8 Å². The molecule has 4 heteroatoms. The Hall–Kier alpha value is -2.62. The van der Waals surface area contributed by atoms with Gasteiger partial charge in [-0.05, 0) is 49.6 Å². The highest BCUT2D eigenvalue weighted by Crippen LogP contribution is 2.33. The lowest BCUT2D eigenvalue weighted by Gasteiger charge is -2.15. The molecule has 21 heavy (non-hydrogen) atoms. The first-order chi connectivity index (χ1) is 9.91. The lowest BCUT2D eigenvalue weighted by Crippen LogP contribution is -2.29. The molecule has 106 valence electrons. The van der Waals surface area contributed by atoms with Gasteiger partial charge in [-0.2, -0.15) is 0 Å². The third-order valence-electron chi connectivity index (χ3n) is 3.98. The Morgan fingerprint density at radius 2 is 1.29 bits per heavy atom. The number of nitrogens with two attached hydrogens (primary N) is 1. The second-order valence-electron chi connectivity index (χ2n) is 5.44. The smallest absolute Gasteiger partial charge is 0.266 e. The summed E-state index contributed by atoms with van der Waals surface area (Å²) >= 11 is 0. The van der Waals surface area contributed by atoms with E-state index in [9.17, 15) is 9.59 Å². The maximum absolute atomic E-state index is 12.6. The van der Waals surface area contributed by atoms with Crippen LogP contribution in [0.15, 0.2) is 30.3 Å². The molecule has 0 saturated heterocycles. The number of carbonyl (C=O) groups is 2. The van der Waals surface area contributed by atoms with Crippen molar-refractivity contribution >= 4 is 23.2 Å². The van der Waals surface area contributed by atoms with Gasteiger partial charge in [0.2, 0.25) is 0 Å². The summed E-state index contributed by atoms with van der Waals surface area (Å²) in [5, 5.41) is 0. The molecule has 0 spiro atoms. The Kier molecular flexibility index (Phi) is 2.83. The molecule has 2 N–H and O–H groups in total. The number of nitrogens with zero attached hydrogens (tertiary/aromatic N) is 1. The van der Waals surface area contributed by atoms with Gasteiger partial charge < -0.3 is 5.73 Å². The minimum absolute atomic E-state index is 0.278. The van der Waals surface area contributed by atoms with Crippen LogP contribution in [0.4, 0.5) is 11.4 Å². The van der Waals surface area contributed by atoms with Crippen LogP contribution < -0.4 is 10.6 Å². The Morgan fingerprint density at radius 3 is 1.76 bits per heavy atom. The second kappa shape index (κ2) is 4.45. The fraction of sp³-hybridized carbons (Fsp3) is 0.176. The molecule has 0 unspecified atom stereocenters. The standard InChI is InChI=1S/C17H16N2O2/c1-9-6-7-12(8-13(9)18)19-16(20)14-10(2)4-5-11(3)15(14)17(19)21/h4-8H,18H2,1-3H3. The average molecular weight is 280 g/mol. The van der Waals surface area contributed by atoms with Crippen LogP contribution in [0.2, 0.25) is 0 Å². The highest BCUT2D eigenvalue weighted by molar-refractivity contribution is 6.35. The van der Waals surface area contributed by atoms with E-state index in [1.807, 2.05) is 39.0 Å². The van der Waals surface area contributed by atoms with Crippen molar-refractivity contribution in [3.63, 3.8) is 0 Å². The summed E-state index contributed by atoms with van der Waals surface area (Å²) in [7, 11) is 0. The lowest BCUT2D eigenvalue weighted by atomic mass is 9.99. The Morgan fingerprint density at radius 1 is 0.810 bits per heavy atom. The summed E-state index contributed by atoms with van der Waals surface area (Å²) in [5.41, 5.74) is 10.5. The minimum atomic E-state index is -0.278. The zero-order valence-corrected chi connectivity index (χ0v) is 12.2. The van der Waals surface area contributed by atoms with E-state index < -0.39 is 0 Å². The second-order valence-corrected chi connectivity index (χ2v) is 5.44. The van der Waals surface area contributed by atoms with Crippen molar-refractivity contribution in [2.75, 3.05) is 10.6 Å². The van der Waals surface area contributed by atoms with Gasteiger partial charge in [-0.25, -0.2) is 4.90 Å². The molecule has 0 atom stereocenters. The quantitative estimate of drug-likeness (QED) is 0.645. The molecule has 1 heterocycles. The van der Waals surface area contributed by atoms with E-state index in [4.69, 9.17) is 5.73 Å². The van der Waals surface area contributed by atoms with Crippen LogP contribution in [-0.2, 0) is 0 Å². The lowest BCUT2D eigenvalue weighted by molar-refractivity contribution is 0.0926. The van der Waals surface area contributed by atoms with E-state index in [0.29, 0.717) is 22.5 Å². The number of hydrogen-bond donors (Lipinski definition) is 1. The third kappa shape index (κ3) is 1.83. The number of hydrogen-bond acceptors (Lipinski definition) is 3. The maximum atomic E-state index is 12.6. The van der Waals surface area contributed by atoms with Gasteiger partial charge in [-0.3, -0.25) is 9.59 Å². The first-order valence-corrected chi connectivity index (χ1v) is 6.77. The number of carbonyl (C=O) groups excluding carboxylic acids is 2. The number of rotatable bonds is 1. The van der Waals surface area contributed by atoms with Crippen LogP contribution in [0.5, 0.6) is 0 Å². The third-order valence-corrected chi connectivity index (χ3v) is 3.98.